The molecule has 0 bridgehead atoms. The number of fused-ring (bicyclic) bond motifs is 3. The summed E-state index contributed by atoms with van der Waals surface area (Å²) in [6.45, 7) is 6.61. The fraction of sp³-hybridized carbons (Fsp3) is 0.522. The lowest BCUT2D eigenvalue weighted by atomic mass is 9.83. The van der Waals surface area contributed by atoms with Crippen molar-refractivity contribution in [3.8, 4) is 21.9 Å². The Morgan fingerprint density at radius 2 is 1.79 bits per heavy atom. The van der Waals surface area contributed by atoms with Gasteiger partial charge in [0.05, 0.1) is 45.4 Å². The standard InChI is InChI=1S/C46H52ClF3N10O6S/c1-20(65-4)16-52-43-57-38(47)34(40(59-43)60-45(64)11-10-25(19-61)36(45)62)41-56-35-24(6-5-7-31(35)67-41)15-44-21(2)28(14-27(44)37(44)63)55-39-33(22(3)54-42(58-39)53-17-23-8-9-23)29-12-26-13-32(46(48,49)50)51-18-30(26)66-29/h5-7,12-13,18,20-21,23,25,27-28,36-37,61-64H,8-11,14-17,19H2,1-4H3,(H2,52,57,59,60)(H2,53,54,55,58). The predicted molar refractivity (Wildman–Crippen MR) is 248 cm³/mol. The Balaban J connectivity index is 0.956. The third-order valence-electron chi connectivity index (χ3n) is 14.5. The number of pyridine rings is 1. The van der Waals surface area contributed by atoms with Gasteiger partial charge in [0.15, 0.2) is 11.3 Å². The SMILES string of the molecule is COC(C)CNc1nc(Cl)c(-c2nc3c(CC45C(C)C(Nc6nc(NCC7CC7)nc(C)c6-c6cc7cc(C(F)(F)F)ncc7o6)CC4C5O)cccc3s2)c(NC2(O)CCC(CO)C2O)n1. The van der Waals surface area contributed by atoms with Gasteiger partial charge in [0.2, 0.25) is 11.9 Å². The van der Waals surface area contributed by atoms with Gasteiger partial charge >= 0.3 is 6.18 Å². The number of aliphatic hydroxyl groups excluding tert-OH is 3. The van der Waals surface area contributed by atoms with E-state index in [0.29, 0.717) is 76.6 Å². The highest BCUT2D eigenvalue weighted by molar-refractivity contribution is 7.21. The molecule has 6 aromatic rings. The summed E-state index contributed by atoms with van der Waals surface area (Å²) in [6, 6.07) is 8.29. The van der Waals surface area contributed by atoms with Crippen LogP contribution in [0.1, 0.15) is 62.9 Å². The molecule has 0 radical (unpaired) electrons. The number of hydrogen-bond donors (Lipinski definition) is 8. The number of halogens is 4. The van der Waals surface area contributed by atoms with Gasteiger partial charge in [-0.2, -0.15) is 23.1 Å². The molecular weight excluding hydrogens is 913 g/mol. The van der Waals surface area contributed by atoms with Crippen LogP contribution in [0.5, 0.6) is 0 Å². The normalized spacial score (nSPS) is 27.4. The molecule has 16 nitrogen and oxygen atoms in total. The lowest BCUT2D eigenvalue weighted by Crippen LogP contribution is -2.48. The number of ether oxygens (including phenoxy) is 1. The number of aromatic nitrogens is 6. The van der Waals surface area contributed by atoms with Crippen molar-refractivity contribution in [3.05, 3.63) is 58.6 Å². The average molecular weight is 966 g/mol. The highest BCUT2D eigenvalue weighted by Gasteiger charge is 2.72. The summed E-state index contributed by atoms with van der Waals surface area (Å²) < 4.78 is 53.2. The number of hydrogen-bond acceptors (Lipinski definition) is 17. The second-order valence-electron chi connectivity index (χ2n) is 18.8. The zero-order chi connectivity index (χ0) is 47.2. The monoisotopic (exact) mass is 964 g/mol. The van der Waals surface area contributed by atoms with Crippen LogP contribution in [0, 0.1) is 36.0 Å². The van der Waals surface area contributed by atoms with E-state index in [9.17, 15) is 33.6 Å². The number of benzene rings is 1. The summed E-state index contributed by atoms with van der Waals surface area (Å²) >= 11 is 8.33. The first kappa shape index (κ1) is 45.8. The third-order valence-corrected chi connectivity index (χ3v) is 15.8. The second kappa shape index (κ2) is 17.2. The average Bonchev–Trinajstić information content (AvgIpc) is 3.95. The van der Waals surface area contributed by atoms with Crippen LogP contribution in [0.4, 0.5) is 36.7 Å². The molecule has 8 N–H and O–H groups in total. The Hall–Kier alpha value is -4.96. The number of aryl methyl sites for hydroxylation is 1. The van der Waals surface area contributed by atoms with Gasteiger partial charge in [0.1, 0.15) is 39.4 Å². The molecule has 21 heteroatoms. The lowest BCUT2D eigenvalue weighted by molar-refractivity contribution is -0.141. The number of furan rings is 1. The van der Waals surface area contributed by atoms with Crippen LogP contribution in [-0.4, -0.2) is 107 Å². The van der Waals surface area contributed by atoms with Crippen molar-refractivity contribution in [2.24, 2.45) is 29.1 Å². The Bertz CT molecular complexity index is 2850. The molecule has 4 fully saturated rings. The Labute approximate surface area is 392 Å². The number of methoxy groups -OCH3 is 1. The van der Waals surface area contributed by atoms with Crippen molar-refractivity contribution < 1.29 is 42.8 Å². The molecule has 0 saturated heterocycles. The second-order valence-corrected chi connectivity index (χ2v) is 20.1. The van der Waals surface area contributed by atoms with Crippen molar-refractivity contribution in [1.29, 1.82) is 0 Å². The lowest BCUT2D eigenvalue weighted by Gasteiger charge is -2.30. The Morgan fingerprint density at radius 1 is 1.01 bits per heavy atom. The quantitative estimate of drug-likeness (QED) is 0.0347. The minimum Gasteiger partial charge on any atom is -0.454 e. The molecule has 0 amide bonds. The van der Waals surface area contributed by atoms with Crippen LogP contribution in [0.25, 0.3) is 43.1 Å². The Kier molecular flexibility index (Phi) is 11.8. The summed E-state index contributed by atoms with van der Waals surface area (Å²) in [7, 11) is 1.59. The molecular formula is C46H52ClF3N10O6S. The fourth-order valence-electron chi connectivity index (χ4n) is 10.2. The largest absolute Gasteiger partial charge is 0.454 e. The molecule has 0 aliphatic heterocycles. The highest BCUT2D eigenvalue weighted by atomic mass is 35.5. The van der Waals surface area contributed by atoms with Crippen LogP contribution >= 0.6 is 22.9 Å². The first-order chi connectivity index (χ1) is 32.0. The fourth-order valence-corrected chi connectivity index (χ4v) is 11.6. The van der Waals surface area contributed by atoms with E-state index in [4.69, 9.17) is 40.7 Å². The van der Waals surface area contributed by atoms with Crippen LogP contribution in [0.15, 0.2) is 40.9 Å². The van der Waals surface area contributed by atoms with E-state index >= 15 is 0 Å². The smallest absolute Gasteiger partial charge is 0.433 e. The van der Waals surface area contributed by atoms with E-state index in [1.54, 1.807) is 13.2 Å². The number of para-hydroxylation sites is 1. The number of alkyl halides is 3. The summed E-state index contributed by atoms with van der Waals surface area (Å²) in [5.41, 5.74) is -0.0875. The topological polar surface area (TPSA) is 229 Å². The predicted octanol–water partition coefficient (Wildman–Crippen LogP) is 7.50. The van der Waals surface area contributed by atoms with Crippen molar-refractivity contribution in [2.45, 2.75) is 95.6 Å². The summed E-state index contributed by atoms with van der Waals surface area (Å²) in [4.78, 5) is 27.6. The summed E-state index contributed by atoms with van der Waals surface area (Å²) in [6.07, 6.45) is -1.66. The number of anilines is 4. The Morgan fingerprint density at radius 3 is 2.52 bits per heavy atom. The van der Waals surface area contributed by atoms with E-state index < -0.39 is 41.1 Å². The first-order valence-corrected chi connectivity index (χ1v) is 23.8. The van der Waals surface area contributed by atoms with Gasteiger partial charge in [0, 0.05) is 49.6 Å². The molecule has 356 valence electrons. The highest BCUT2D eigenvalue weighted by Crippen LogP contribution is 2.68. The number of thiazole rings is 1. The van der Waals surface area contributed by atoms with Crippen LogP contribution in [0.3, 0.4) is 0 Å². The molecule has 9 unspecified atom stereocenters. The number of nitrogens with zero attached hydrogens (tertiary/aromatic N) is 6. The van der Waals surface area contributed by atoms with Crippen molar-refractivity contribution >= 4 is 67.7 Å². The molecule has 10 rings (SSSR count). The minimum absolute atomic E-state index is 0.0499. The van der Waals surface area contributed by atoms with E-state index in [1.807, 2.05) is 32.0 Å². The van der Waals surface area contributed by atoms with Gasteiger partial charge < -0.3 is 50.8 Å². The van der Waals surface area contributed by atoms with Crippen molar-refractivity contribution in [3.63, 3.8) is 0 Å². The molecule has 5 aromatic heterocycles. The molecule has 9 atom stereocenters. The van der Waals surface area contributed by atoms with Crippen molar-refractivity contribution in [1.82, 2.24) is 29.9 Å². The van der Waals surface area contributed by atoms with Gasteiger partial charge in [-0.05, 0) is 93.9 Å². The van der Waals surface area contributed by atoms with Gasteiger partial charge in [0.25, 0.3) is 0 Å². The van der Waals surface area contributed by atoms with Gasteiger partial charge in [-0.1, -0.05) is 30.7 Å². The van der Waals surface area contributed by atoms with E-state index in [1.165, 1.54) is 11.3 Å². The van der Waals surface area contributed by atoms with Gasteiger partial charge in [-0.3, -0.25) is 0 Å². The number of nitrogens with one attached hydrogen (secondary N) is 4. The molecule has 67 heavy (non-hydrogen) atoms. The number of aliphatic hydroxyl groups is 4. The first-order valence-electron chi connectivity index (χ1n) is 22.6. The maximum Gasteiger partial charge on any atom is 0.433 e. The van der Waals surface area contributed by atoms with Crippen LogP contribution in [-0.2, 0) is 17.3 Å². The molecule has 4 saturated carbocycles. The minimum atomic E-state index is -4.62. The maximum atomic E-state index is 13.6. The summed E-state index contributed by atoms with van der Waals surface area (Å²) in [5.74, 6) is 1.42. The third kappa shape index (κ3) is 8.41. The van der Waals surface area contributed by atoms with Crippen LogP contribution < -0.4 is 21.3 Å². The maximum absolute atomic E-state index is 13.6. The zero-order valence-corrected chi connectivity index (χ0v) is 38.7. The number of rotatable bonds is 16. The molecule has 5 heterocycles. The zero-order valence-electron chi connectivity index (χ0n) is 37.2. The van der Waals surface area contributed by atoms with Gasteiger partial charge in [-0.15, -0.1) is 11.3 Å². The van der Waals surface area contributed by atoms with Gasteiger partial charge in [-0.25, -0.2) is 19.9 Å². The van der Waals surface area contributed by atoms with E-state index in [2.05, 4.69) is 38.2 Å². The van der Waals surface area contributed by atoms with Crippen LogP contribution in [0.2, 0.25) is 5.15 Å². The summed E-state index contributed by atoms with van der Waals surface area (Å²) in [5, 5.41) is 58.3. The molecule has 0 spiro atoms. The van der Waals surface area contributed by atoms with E-state index in [0.717, 1.165) is 41.9 Å². The van der Waals surface area contributed by atoms with E-state index in [-0.39, 0.29) is 64.9 Å². The van der Waals surface area contributed by atoms with Crippen molar-refractivity contribution in [2.75, 3.05) is 48.1 Å². The molecule has 1 aromatic carbocycles. The molecule has 4 aliphatic rings. The molecule has 4 aliphatic carbocycles.